The maximum absolute atomic E-state index is 5.43. The first kappa shape index (κ1) is 12.4. The summed E-state index contributed by atoms with van der Waals surface area (Å²) in [4.78, 5) is 8.55. The van der Waals surface area contributed by atoms with Crippen molar-refractivity contribution >= 4 is 5.95 Å². The average Bonchev–Trinajstić information content (AvgIpc) is 2.41. The molecule has 0 atom stereocenters. The Balaban J connectivity index is 2.58. The van der Waals surface area contributed by atoms with Gasteiger partial charge < -0.3 is 10.1 Å². The van der Waals surface area contributed by atoms with Crippen molar-refractivity contribution in [2.24, 2.45) is 0 Å². The van der Waals surface area contributed by atoms with Gasteiger partial charge in [-0.1, -0.05) is 0 Å². The molecule has 0 aliphatic carbocycles. The number of hydrogen-bond donors (Lipinski definition) is 1. The zero-order valence-corrected chi connectivity index (χ0v) is 11.1. The third kappa shape index (κ3) is 2.27. The lowest BCUT2D eigenvalue weighted by Gasteiger charge is -2.11. The highest BCUT2D eigenvalue weighted by Crippen LogP contribution is 2.31. The van der Waals surface area contributed by atoms with E-state index in [1.54, 1.807) is 20.4 Å². The van der Waals surface area contributed by atoms with Gasteiger partial charge in [-0.05, 0) is 43.2 Å². The van der Waals surface area contributed by atoms with Gasteiger partial charge in [-0.15, -0.1) is 0 Å². The molecule has 1 aromatic heterocycles. The standard InChI is InChI=1S/C14H17N3O/c1-9-7-11(13(18-4)8-10(9)2)12-5-6-16-14(15-3)17-12/h5-8H,1-4H3,(H,15,16,17). The second kappa shape index (κ2) is 5.04. The second-order valence-corrected chi connectivity index (χ2v) is 4.15. The van der Waals surface area contributed by atoms with Crippen LogP contribution < -0.4 is 10.1 Å². The van der Waals surface area contributed by atoms with E-state index < -0.39 is 0 Å². The van der Waals surface area contributed by atoms with Crippen LogP contribution >= 0.6 is 0 Å². The SMILES string of the molecule is CNc1nccc(-c2cc(C)c(C)cc2OC)n1. The highest BCUT2D eigenvalue weighted by molar-refractivity contribution is 5.69. The van der Waals surface area contributed by atoms with Crippen molar-refractivity contribution in [3.05, 3.63) is 35.5 Å². The third-order valence-electron chi connectivity index (χ3n) is 2.97. The molecular weight excluding hydrogens is 226 g/mol. The Bertz CT molecular complexity index is 567. The number of hydrogen-bond acceptors (Lipinski definition) is 4. The monoisotopic (exact) mass is 243 g/mol. The van der Waals surface area contributed by atoms with Crippen molar-refractivity contribution in [2.45, 2.75) is 13.8 Å². The molecule has 2 rings (SSSR count). The molecule has 4 heteroatoms. The number of rotatable bonds is 3. The molecule has 1 aromatic carbocycles. The highest BCUT2D eigenvalue weighted by atomic mass is 16.5. The zero-order chi connectivity index (χ0) is 13.1. The van der Waals surface area contributed by atoms with Gasteiger partial charge in [0.1, 0.15) is 5.75 Å². The molecule has 0 bridgehead atoms. The maximum atomic E-state index is 5.43. The Kier molecular flexibility index (Phi) is 3.46. The van der Waals surface area contributed by atoms with Crippen LogP contribution in [0.1, 0.15) is 11.1 Å². The van der Waals surface area contributed by atoms with Crippen molar-refractivity contribution in [1.29, 1.82) is 0 Å². The van der Waals surface area contributed by atoms with E-state index in [9.17, 15) is 0 Å². The minimum Gasteiger partial charge on any atom is -0.496 e. The van der Waals surface area contributed by atoms with Gasteiger partial charge in [0.15, 0.2) is 0 Å². The van der Waals surface area contributed by atoms with Gasteiger partial charge in [0.05, 0.1) is 12.8 Å². The van der Waals surface area contributed by atoms with Gasteiger partial charge in [0.2, 0.25) is 5.95 Å². The summed E-state index contributed by atoms with van der Waals surface area (Å²) >= 11 is 0. The summed E-state index contributed by atoms with van der Waals surface area (Å²) in [5, 5.41) is 2.94. The van der Waals surface area contributed by atoms with Crippen molar-refractivity contribution < 1.29 is 4.74 Å². The number of nitrogens with zero attached hydrogens (tertiary/aromatic N) is 2. The van der Waals surface area contributed by atoms with E-state index in [1.807, 2.05) is 12.1 Å². The fourth-order valence-corrected chi connectivity index (χ4v) is 1.79. The molecule has 0 amide bonds. The van der Waals surface area contributed by atoms with Crippen LogP contribution in [0.25, 0.3) is 11.3 Å². The van der Waals surface area contributed by atoms with Gasteiger partial charge in [0, 0.05) is 18.8 Å². The minimum atomic E-state index is 0.604. The molecule has 94 valence electrons. The Morgan fingerprint density at radius 1 is 1.17 bits per heavy atom. The molecule has 1 heterocycles. The van der Waals surface area contributed by atoms with Gasteiger partial charge in [0.25, 0.3) is 0 Å². The van der Waals surface area contributed by atoms with E-state index in [2.05, 4.69) is 35.2 Å². The van der Waals surface area contributed by atoms with E-state index in [0.717, 1.165) is 17.0 Å². The lowest BCUT2D eigenvalue weighted by Crippen LogP contribution is -1.98. The number of benzene rings is 1. The first-order valence-electron chi connectivity index (χ1n) is 5.82. The predicted molar refractivity (Wildman–Crippen MR) is 73.0 cm³/mol. The first-order valence-corrected chi connectivity index (χ1v) is 5.82. The number of ether oxygens (including phenoxy) is 1. The predicted octanol–water partition coefficient (Wildman–Crippen LogP) is 2.81. The average molecular weight is 243 g/mol. The Labute approximate surface area is 107 Å². The molecule has 0 fully saturated rings. The molecule has 0 radical (unpaired) electrons. The van der Waals surface area contributed by atoms with E-state index in [1.165, 1.54) is 11.1 Å². The Hall–Kier alpha value is -2.10. The molecule has 0 aliphatic heterocycles. The second-order valence-electron chi connectivity index (χ2n) is 4.15. The first-order chi connectivity index (χ1) is 8.65. The summed E-state index contributed by atoms with van der Waals surface area (Å²) < 4.78 is 5.43. The van der Waals surface area contributed by atoms with Crippen LogP contribution in [0.4, 0.5) is 5.95 Å². The Morgan fingerprint density at radius 2 is 1.89 bits per heavy atom. The summed E-state index contributed by atoms with van der Waals surface area (Å²) in [7, 11) is 3.48. The maximum Gasteiger partial charge on any atom is 0.222 e. The summed E-state index contributed by atoms with van der Waals surface area (Å²) in [6.45, 7) is 4.15. The van der Waals surface area contributed by atoms with Crippen LogP contribution in [0, 0.1) is 13.8 Å². The van der Waals surface area contributed by atoms with E-state index in [-0.39, 0.29) is 0 Å². The smallest absolute Gasteiger partial charge is 0.222 e. The number of methoxy groups -OCH3 is 1. The molecule has 4 nitrogen and oxygen atoms in total. The number of aromatic nitrogens is 2. The molecular formula is C14H17N3O. The van der Waals surface area contributed by atoms with Crippen molar-refractivity contribution in [3.8, 4) is 17.0 Å². The largest absolute Gasteiger partial charge is 0.496 e. The molecule has 0 aliphatic rings. The lowest BCUT2D eigenvalue weighted by molar-refractivity contribution is 0.416. The van der Waals surface area contributed by atoms with Crippen molar-refractivity contribution in [1.82, 2.24) is 9.97 Å². The fraction of sp³-hybridized carbons (Fsp3) is 0.286. The Morgan fingerprint density at radius 3 is 2.56 bits per heavy atom. The van der Waals surface area contributed by atoms with Crippen LogP contribution in [0.15, 0.2) is 24.4 Å². The zero-order valence-electron chi connectivity index (χ0n) is 11.1. The van der Waals surface area contributed by atoms with Crippen LogP contribution in [0.2, 0.25) is 0 Å². The van der Waals surface area contributed by atoms with Crippen LogP contribution in [0.3, 0.4) is 0 Å². The third-order valence-corrected chi connectivity index (χ3v) is 2.97. The normalized spacial score (nSPS) is 10.2. The summed E-state index contributed by atoms with van der Waals surface area (Å²) in [5.74, 6) is 1.44. The fourth-order valence-electron chi connectivity index (χ4n) is 1.79. The highest BCUT2D eigenvalue weighted by Gasteiger charge is 2.10. The van der Waals surface area contributed by atoms with Crippen molar-refractivity contribution in [3.63, 3.8) is 0 Å². The van der Waals surface area contributed by atoms with E-state index in [4.69, 9.17) is 4.74 Å². The van der Waals surface area contributed by atoms with Crippen LogP contribution in [0.5, 0.6) is 5.75 Å². The summed E-state index contributed by atoms with van der Waals surface area (Å²) in [5.41, 5.74) is 4.27. The summed E-state index contributed by atoms with van der Waals surface area (Å²) in [6.07, 6.45) is 1.74. The molecule has 0 saturated heterocycles. The lowest BCUT2D eigenvalue weighted by atomic mass is 10.0. The molecule has 0 saturated carbocycles. The summed E-state index contributed by atoms with van der Waals surface area (Å²) in [6, 6.07) is 6.01. The van der Waals surface area contributed by atoms with Crippen LogP contribution in [-0.4, -0.2) is 24.1 Å². The molecule has 2 aromatic rings. The molecule has 0 unspecified atom stereocenters. The topological polar surface area (TPSA) is 47.0 Å². The minimum absolute atomic E-state index is 0.604. The van der Waals surface area contributed by atoms with Gasteiger partial charge >= 0.3 is 0 Å². The molecule has 18 heavy (non-hydrogen) atoms. The van der Waals surface area contributed by atoms with Crippen LogP contribution in [-0.2, 0) is 0 Å². The van der Waals surface area contributed by atoms with Crippen molar-refractivity contribution in [2.75, 3.05) is 19.5 Å². The number of anilines is 1. The van der Waals surface area contributed by atoms with Gasteiger partial charge in [-0.2, -0.15) is 0 Å². The van der Waals surface area contributed by atoms with E-state index >= 15 is 0 Å². The van der Waals surface area contributed by atoms with Gasteiger partial charge in [-0.3, -0.25) is 0 Å². The molecule has 0 spiro atoms. The quantitative estimate of drug-likeness (QED) is 0.900. The number of nitrogens with one attached hydrogen (secondary N) is 1. The van der Waals surface area contributed by atoms with E-state index in [0.29, 0.717) is 5.95 Å². The molecule has 1 N–H and O–H groups in total. The number of aryl methyl sites for hydroxylation is 2. The van der Waals surface area contributed by atoms with Gasteiger partial charge in [-0.25, -0.2) is 9.97 Å².